The number of aliphatic hydroxyl groups is 1. The Labute approximate surface area is 286 Å². The Morgan fingerprint density at radius 2 is 1.57 bits per heavy atom. The topological polar surface area (TPSA) is 165 Å². The van der Waals surface area contributed by atoms with E-state index in [1.165, 1.54) is 23.2 Å². The molecule has 14 heteroatoms. The summed E-state index contributed by atoms with van der Waals surface area (Å²) in [5.41, 5.74) is 1.84. The van der Waals surface area contributed by atoms with Crippen molar-refractivity contribution in [1.82, 2.24) is 24.5 Å². The minimum atomic E-state index is -1.02. The zero-order valence-corrected chi connectivity index (χ0v) is 27.5. The molecule has 13 nitrogen and oxygen atoms in total. The summed E-state index contributed by atoms with van der Waals surface area (Å²) in [6.07, 6.45) is 6.08. The zero-order valence-electron chi connectivity index (χ0n) is 26.7. The lowest BCUT2D eigenvalue weighted by Gasteiger charge is -2.29. The Morgan fingerprint density at radius 1 is 0.898 bits per heavy atom. The number of imidazole rings is 1. The Bertz CT molecular complexity index is 1910. The number of anilines is 2. The molecule has 3 atom stereocenters. The van der Waals surface area contributed by atoms with Crippen molar-refractivity contribution in [3.63, 3.8) is 0 Å². The van der Waals surface area contributed by atoms with Crippen LogP contribution in [-0.4, -0.2) is 85.6 Å². The lowest BCUT2D eigenvalue weighted by molar-refractivity contribution is -0.140. The number of hydrogen-bond acceptors (Lipinski definition) is 8. The molecule has 0 spiro atoms. The van der Waals surface area contributed by atoms with Gasteiger partial charge in [-0.25, -0.2) is 4.98 Å². The van der Waals surface area contributed by atoms with Crippen molar-refractivity contribution >= 4 is 57.3 Å². The summed E-state index contributed by atoms with van der Waals surface area (Å²) in [4.78, 5) is 72.4. The van der Waals surface area contributed by atoms with E-state index < -0.39 is 36.5 Å². The maximum Gasteiger partial charge on any atom is 0.250 e. The lowest BCUT2D eigenvalue weighted by Crippen LogP contribution is -2.49. The third-order valence-electron chi connectivity index (χ3n) is 8.52. The third kappa shape index (κ3) is 7.64. The molecule has 4 aromatic rings. The molecule has 2 aromatic carbocycles. The van der Waals surface area contributed by atoms with E-state index >= 15 is 0 Å². The molecule has 2 aromatic heterocycles. The SMILES string of the molecule is CC(=O)N1CCC[C@H]1C(=O)Nc1cn2cc(C#Cc3ccc(NC(=O)[C@@H]4CCCN4C(=O)[C@H](NC(=O)CO)c4ccccc4)cc3)sc2n1. The van der Waals surface area contributed by atoms with Crippen LogP contribution in [0.3, 0.4) is 0 Å². The predicted molar refractivity (Wildman–Crippen MR) is 182 cm³/mol. The highest BCUT2D eigenvalue weighted by atomic mass is 32.1. The van der Waals surface area contributed by atoms with E-state index in [-0.39, 0.29) is 17.7 Å². The molecule has 5 amide bonds. The monoisotopic (exact) mass is 681 g/mol. The van der Waals surface area contributed by atoms with Gasteiger partial charge in [0, 0.05) is 37.5 Å². The van der Waals surface area contributed by atoms with Gasteiger partial charge >= 0.3 is 0 Å². The van der Waals surface area contributed by atoms with Crippen LogP contribution in [0.25, 0.3) is 4.96 Å². The van der Waals surface area contributed by atoms with Crippen LogP contribution in [0.4, 0.5) is 11.5 Å². The predicted octanol–water partition coefficient (Wildman–Crippen LogP) is 2.52. The molecule has 2 saturated heterocycles. The molecule has 4 N–H and O–H groups in total. The van der Waals surface area contributed by atoms with E-state index in [0.717, 1.165) is 16.9 Å². The number of rotatable bonds is 8. The molecule has 49 heavy (non-hydrogen) atoms. The van der Waals surface area contributed by atoms with E-state index in [9.17, 15) is 29.1 Å². The fraction of sp³-hybridized carbons (Fsp3) is 0.314. The maximum absolute atomic E-state index is 13.6. The van der Waals surface area contributed by atoms with Crippen molar-refractivity contribution < 1.29 is 29.1 Å². The van der Waals surface area contributed by atoms with Crippen molar-refractivity contribution in [2.75, 3.05) is 30.3 Å². The molecular formula is C35H35N7O6S. The van der Waals surface area contributed by atoms with E-state index in [2.05, 4.69) is 32.8 Å². The quantitative estimate of drug-likeness (QED) is 0.208. The van der Waals surface area contributed by atoms with Crippen molar-refractivity contribution in [2.45, 2.75) is 50.7 Å². The number of hydrogen-bond donors (Lipinski definition) is 4. The van der Waals surface area contributed by atoms with Crippen molar-refractivity contribution in [3.05, 3.63) is 83.0 Å². The number of benzene rings is 2. The standard InChI is InChI=1S/C35H35N7O6S/c1-22(44)41-17-5-9-27(41)33(47)37-29-20-40-19-26(49-35(40)38-29)16-13-23-11-14-25(15-12-23)36-32(46)28-10-6-18-42(28)34(48)31(39-30(45)21-43)24-7-3-2-4-8-24/h2-4,7-8,11-12,14-15,19-20,27-28,31,43H,5-6,9-10,17-18,21H2,1H3,(H,36,46)(H,37,47)(H,39,45)/t27-,28-,31+/m0/s1. The van der Waals surface area contributed by atoms with Gasteiger partial charge in [-0.3, -0.25) is 28.4 Å². The van der Waals surface area contributed by atoms with Crippen LogP contribution in [0.1, 0.15) is 54.7 Å². The Hall–Kier alpha value is -5.52. The molecule has 0 saturated carbocycles. The highest BCUT2D eigenvalue weighted by Crippen LogP contribution is 2.26. The summed E-state index contributed by atoms with van der Waals surface area (Å²) in [5, 5.41) is 17.5. The minimum Gasteiger partial charge on any atom is -0.387 e. The first kappa shape index (κ1) is 33.4. The van der Waals surface area contributed by atoms with Crippen molar-refractivity contribution in [3.8, 4) is 11.8 Å². The second-order valence-electron chi connectivity index (χ2n) is 11.8. The number of carbonyl (C=O) groups excluding carboxylic acids is 5. The van der Waals surface area contributed by atoms with Crippen LogP contribution in [0.5, 0.6) is 0 Å². The summed E-state index contributed by atoms with van der Waals surface area (Å²) in [5.74, 6) is 4.87. The van der Waals surface area contributed by atoms with E-state index in [0.29, 0.717) is 54.4 Å². The maximum atomic E-state index is 13.6. The normalized spacial score (nSPS) is 17.7. The second-order valence-corrected chi connectivity index (χ2v) is 12.9. The number of aromatic nitrogens is 2. The number of likely N-dealkylation sites (tertiary alicyclic amines) is 2. The number of amides is 5. The first-order valence-corrected chi connectivity index (χ1v) is 16.8. The van der Waals surface area contributed by atoms with E-state index in [1.807, 2.05) is 6.20 Å². The Kier molecular flexibility index (Phi) is 10.0. The molecular weight excluding hydrogens is 646 g/mol. The number of fused-ring (bicyclic) bond motifs is 1. The Morgan fingerprint density at radius 3 is 2.24 bits per heavy atom. The molecule has 4 heterocycles. The van der Waals surface area contributed by atoms with Crippen LogP contribution >= 0.6 is 11.3 Å². The van der Waals surface area contributed by atoms with Crippen molar-refractivity contribution in [2.24, 2.45) is 0 Å². The Balaban J connectivity index is 1.06. The van der Waals surface area contributed by atoms with Gasteiger partial charge in [-0.2, -0.15) is 0 Å². The smallest absolute Gasteiger partial charge is 0.250 e. The second kappa shape index (κ2) is 14.7. The highest BCUT2D eigenvalue weighted by molar-refractivity contribution is 7.17. The highest BCUT2D eigenvalue weighted by Gasteiger charge is 2.38. The van der Waals surface area contributed by atoms with Crippen LogP contribution in [0.15, 0.2) is 67.0 Å². The number of carbonyl (C=O) groups is 5. The molecule has 2 aliphatic heterocycles. The number of thiazole rings is 1. The van der Waals surface area contributed by atoms with Gasteiger partial charge < -0.3 is 30.9 Å². The van der Waals surface area contributed by atoms with Crippen LogP contribution < -0.4 is 16.0 Å². The van der Waals surface area contributed by atoms with Crippen LogP contribution in [-0.2, 0) is 24.0 Å². The van der Waals surface area contributed by atoms with Gasteiger partial charge in [0.1, 0.15) is 24.7 Å². The van der Waals surface area contributed by atoms with Gasteiger partial charge in [-0.05, 0) is 61.4 Å². The molecule has 0 bridgehead atoms. The summed E-state index contributed by atoms with van der Waals surface area (Å²) in [7, 11) is 0. The molecule has 252 valence electrons. The van der Waals surface area contributed by atoms with Gasteiger partial charge in [0.2, 0.25) is 29.5 Å². The molecule has 2 aliphatic rings. The fourth-order valence-electron chi connectivity index (χ4n) is 6.14. The van der Waals surface area contributed by atoms with Gasteiger partial charge in [0.05, 0.1) is 11.1 Å². The van der Waals surface area contributed by atoms with Gasteiger partial charge in [-0.15, -0.1) is 0 Å². The van der Waals surface area contributed by atoms with E-state index in [1.54, 1.807) is 70.1 Å². The van der Waals surface area contributed by atoms with Gasteiger partial charge in [0.15, 0.2) is 10.8 Å². The van der Waals surface area contributed by atoms with Crippen molar-refractivity contribution in [1.29, 1.82) is 0 Å². The number of nitrogens with zero attached hydrogens (tertiary/aromatic N) is 4. The average molecular weight is 682 g/mol. The zero-order chi connectivity index (χ0) is 34.5. The first-order valence-electron chi connectivity index (χ1n) is 16.0. The fourth-order valence-corrected chi connectivity index (χ4v) is 6.96. The first-order chi connectivity index (χ1) is 23.7. The summed E-state index contributed by atoms with van der Waals surface area (Å²) < 4.78 is 1.79. The van der Waals surface area contributed by atoms with Crippen LogP contribution in [0.2, 0.25) is 0 Å². The molecule has 0 unspecified atom stereocenters. The van der Waals surface area contributed by atoms with Gasteiger partial charge in [0.25, 0.3) is 0 Å². The third-order valence-corrected chi connectivity index (χ3v) is 9.43. The molecule has 2 fully saturated rings. The largest absolute Gasteiger partial charge is 0.387 e. The summed E-state index contributed by atoms with van der Waals surface area (Å²) >= 11 is 1.37. The average Bonchev–Trinajstić information content (AvgIpc) is 3.91. The summed E-state index contributed by atoms with van der Waals surface area (Å²) in [6, 6.07) is 13.6. The van der Waals surface area contributed by atoms with E-state index in [4.69, 9.17) is 0 Å². The summed E-state index contributed by atoms with van der Waals surface area (Å²) in [6.45, 7) is 1.66. The molecule has 6 rings (SSSR count). The molecule has 0 aliphatic carbocycles. The lowest BCUT2D eigenvalue weighted by atomic mass is 10.0. The number of nitrogens with one attached hydrogen (secondary N) is 3. The minimum absolute atomic E-state index is 0.114. The van der Waals surface area contributed by atoms with Gasteiger partial charge in [-0.1, -0.05) is 47.6 Å². The number of aliphatic hydroxyl groups excluding tert-OH is 1. The van der Waals surface area contributed by atoms with Crippen LogP contribution in [0, 0.1) is 11.8 Å². The molecule has 0 radical (unpaired) electrons.